The van der Waals surface area contributed by atoms with E-state index in [9.17, 15) is 13.2 Å². The van der Waals surface area contributed by atoms with Crippen molar-refractivity contribution in [3.05, 3.63) is 17.5 Å². The van der Waals surface area contributed by atoms with Crippen molar-refractivity contribution >= 4 is 38.2 Å². The Kier molecular flexibility index (Phi) is 3.34. The molecule has 1 aromatic heterocycles. The molecule has 0 N–H and O–H groups in total. The molecule has 0 bridgehead atoms. The molecule has 4 nitrogen and oxygen atoms in total. The largest absolute Gasteiger partial charge is 0.279 e. The van der Waals surface area contributed by atoms with Crippen LogP contribution in [0.25, 0.3) is 0 Å². The van der Waals surface area contributed by atoms with Gasteiger partial charge in [0.2, 0.25) is 5.24 Å². The second-order valence-electron chi connectivity index (χ2n) is 3.51. The third-order valence-corrected chi connectivity index (χ3v) is 6.06. The second kappa shape index (κ2) is 4.44. The number of hydrogen-bond acceptors (Lipinski definition) is 4. The third kappa shape index (κ3) is 2.02. The van der Waals surface area contributed by atoms with Crippen molar-refractivity contribution in [2.75, 3.05) is 6.54 Å². The molecule has 0 aromatic carbocycles. The van der Waals surface area contributed by atoms with E-state index in [2.05, 4.69) is 0 Å². The number of thiophene rings is 1. The van der Waals surface area contributed by atoms with Gasteiger partial charge in [-0.05, 0) is 35.9 Å². The van der Waals surface area contributed by atoms with Crippen LogP contribution < -0.4 is 0 Å². The first-order chi connectivity index (χ1) is 7.53. The molecule has 2 heterocycles. The lowest BCUT2D eigenvalue weighted by Gasteiger charge is -2.19. The van der Waals surface area contributed by atoms with Crippen molar-refractivity contribution in [3.63, 3.8) is 0 Å². The summed E-state index contributed by atoms with van der Waals surface area (Å²) >= 11 is 6.55. The van der Waals surface area contributed by atoms with E-state index in [0.29, 0.717) is 19.4 Å². The van der Waals surface area contributed by atoms with Gasteiger partial charge in [-0.25, -0.2) is 8.42 Å². The molecule has 1 aliphatic rings. The molecule has 0 unspecified atom stereocenters. The van der Waals surface area contributed by atoms with Crippen molar-refractivity contribution in [1.29, 1.82) is 0 Å². The van der Waals surface area contributed by atoms with E-state index in [4.69, 9.17) is 11.6 Å². The lowest BCUT2D eigenvalue weighted by molar-refractivity contribution is -0.114. The van der Waals surface area contributed by atoms with Gasteiger partial charge in [0.1, 0.15) is 4.21 Å². The van der Waals surface area contributed by atoms with Crippen LogP contribution in [0.15, 0.2) is 21.7 Å². The van der Waals surface area contributed by atoms with Crippen LogP contribution in [-0.4, -0.2) is 30.6 Å². The van der Waals surface area contributed by atoms with Crippen LogP contribution in [0.3, 0.4) is 0 Å². The second-order valence-corrected chi connectivity index (χ2v) is 6.95. The predicted molar refractivity (Wildman–Crippen MR) is 62.1 cm³/mol. The highest BCUT2D eigenvalue weighted by Gasteiger charge is 2.39. The first-order valence-corrected chi connectivity index (χ1v) is 7.48. The van der Waals surface area contributed by atoms with Crippen LogP contribution in [-0.2, 0) is 14.8 Å². The fourth-order valence-electron chi connectivity index (χ4n) is 1.78. The van der Waals surface area contributed by atoms with E-state index in [1.807, 2.05) is 0 Å². The molecule has 1 aliphatic heterocycles. The van der Waals surface area contributed by atoms with Gasteiger partial charge >= 0.3 is 0 Å². The SMILES string of the molecule is O=C(Cl)[C@@H]1CCCN1S(=O)(=O)c1cccs1. The summed E-state index contributed by atoms with van der Waals surface area (Å²) in [5.74, 6) is 0. The topological polar surface area (TPSA) is 54.5 Å². The van der Waals surface area contributed by atoms with Gasteiger partial charge in [0.05, 0.1) is 6.04 Å². The minimum atomic E-state index is -3.54. The predicted octanol–water partition coefficient (Wildman–Crippen LogP) is 1.67. The molecule has 1 aromatic rings. The zero-order valence-corrected chi connectivity index (χ0v) is 10.7. The smallest absolute Gasteiger partial charge is 0.253 e. The van der Waals surface area contributed by atoms with Crippen LogP contribution in [0.2, 0.25) is 0 Å². The molecule has 88 valence electrons. The Morgan fingerprint density at radius 1 is 1.56 bits per heavy atom. The fourth-order valence-corrected chi connectivity index (χ4v) is 4.84. The summed E-state index contributed by atoms with van der Waals surface area (Å²) in [5.41, 5.74) is 0. The highest BCUT2D eigenvalue weighted by atomic mass is 35.5. The lowest BCUT2D eigenvalue weighted by Crippen LogP contribution is -2.38. The number of halogens is 1. The zero-order valence-electron chi connectivity index (χ0n) is 8.30. The van der Waals surface area contributed by atoms with Crippen molar-refractivity contribution in [3.8, 4) is 0 Å². The minimum absolute atomic E-state index is 0.261. The quantitative estimate of drug-likeness (QED) is 0.791. The van der Waals surface area contributed by atoms with E-state index in [1.165, 1.54) is 10.4 Å². The third-order valence-electron chi connectivity index (χ3n) is 2.52. The number of nitrogens with zero attached hydrogens (tertiary/aromatic N) is 1. The van der Waals surface area contributed by atoms with Crippen molar-refractivity contribution in [2.45, 2.75) is 23.1 Å². The molecule has 2 rings (SSSR count). The van der Waals surface area contributed by atoms with Gasteiger partial charge in [0.25, 0.3) is 10.0 Å². The molecule has 0 saturated carbocycles. The average Bonchev–Trinajstić information content (AvgIpc) is 2.89. The summed E-state index contributed by atoms with van der Waals surface area (Å²) < 4.78 is 25.7. The molecule has 0 amide bonds. The van der Waals surface area contributed by atoms with Crippen LogP contribution in [0.4, 0.5) is 0 Å². The summed E-state index contributed by atoms with van der Waals surface area (Å²) in [6, 6.07) is 2.51. The van der Waals surface area contributed by atoms with Crippen LogP contribution in [0, 0.1) is 0 Å². The zero-order chi connectivity index (χ0) is 11.8. The number of rotatable bonds is 3. The summed E-state index contributed by atoms with van der Waals surface area (Å²) in [7, 11) is -3.54. The molecule has 1 saturated heterocycles. The Morgan fingerprint density at radius 2 is 2.31 bits per heavy atom. The Bertz CT molecular complexity index is 483. The minimum Gasteiger partial charge on any atom is -0.279 e. The summed E-state index contributed by atoms with van der Waals surface area (Å²) in [6.45, 7) is 0.364. The van der Waals surface area contributed by atoms with Gasteiger partial charge in [-0.1, -0.05) is 6.07 Å². The first-order valence-electron chi connectivity index (χ1n) is 4.78. The Labute approximate surface area is 103 Å². The van der Waals surface area contributed by atoms with E-state index in [1.54, 1.807) is 11.4 Å². The maximum absolute atomic E-state index is 12.1. The summed E-state index contributed by atoms with van der Waals surface area (Å²) in [5, 5.41) is 1.10. The maximum atomic E-state index is 12.1. The van der Waals surface area contributed by atoms with Gasteiger partial charge < -0.3 is 0 Å². The number of hydrogen-bond donors (Lipinski definition) is 0. The van der Waals surface area contributed by atoms with Crippen LogP contribution >= 0.6 is 22.9 Å². The number of carbonyl (C=O) groups is 1. The van der Waals surface area contributed by atoms with Gasteiger partial charge in [0.15, 0.2) is 0 Å². The normalized spacial score (nSPS) is 22.4. The van der Waals surface area contributed by atoms with E-state index in [0.717, 1.165) is 11.3 Å². The van der Waals surface area contributed by atoms with Gasteiger partial charge in [0, 0.05) is 6.54 Å². The Morgan fingerprint density at radius 3 is 2.88 bits per heavy atom. The maximum Gasteiger partial charge on any atom is 0.253 e. The Hall–Kier alpha value is -0.430. The number of carbonyl (C=O) groups excluding carboxylic acids is 1. The molecule has 1 fully saturated rings. The van der Waals surface area contributed by atoms with Gasteiger partial charge in [-0.15, -0.1) is 11.3 Å². The molecule has 0 radical (unpaired) electrons. The Balaban J connectivity index is 2.34. The molecule has 0 aliphatic carbocycles. The average molecular weight is 280 g/mol. The van der Waals surface area contributed by atoms with Crippen LogP contribution in [0.1, 0.15) is 12.8 Å². The molecular weight excluding hydrogens is 270 g/mol. The molecular formula is C9H10ClNO3S2. The molecule has 1 atom stereocenters. The van der Waals surface area contributed by atoms with Crippen molar-refractivity contribution in [2.24, 2.45) is 0 Å². The van der Waals surface area contributed by atoms with E-state index >= 15 is 0 Å². The summed E-state index contributed by atoms with van der Waals surface area (Å²) in [6.07, 6.45) is 1.18. The standard InChI is InChI=1S/C9H10ClNO3S2/c10-9(12)7-3-1-5-11(7)16(13,14)8-4-2-6-15-8/h2,4,6-7H,1,3,5H2/t7-/m0/s1. The summed E-state index contributed by atoms with van der Waals surface area (Å²) in [4.78, 5) is 11.1. The molecule has 0 spiro atoms. The lowest BCUT2D eigenvalue weighted by atomic mass is 10.2. The molecule has 7 heteroatoms. The number of sulfonamides is 1. The highest BCUT2D eigenvalue weighted by molar-refractivity contribution is 7.91. The van der Waals surface area contributed by atoms with E-state index < -0.39 is 21.3 Å². The van der Waals surface area contributed by atoms with Crippen LogP contribution in [0.5, 0.6) is 0 Å². The monoisotopic (exact) mass is 279 g/mol. The van der Waals surface area contributed by atoms with Gasteiger partial charge in [-0.2, -0.15) is 4.31 Å². The van der Waals surface area contributed by atoms with Crippen molar-refractivity contribution in [1.82, 2.24) is 4.31 Å². The highest BCUT2D eigenvalue weighted by Crippen LogP contribution is 2.29. The van der Waals surface area contributed by atoms with E-state index in [-0.39, 0.29) is 4.21 Å². The van der Waals surface area contributed by atoms with Gasteiger partial charge in [-0.3, -0.25) is 4.79 Å². The van der Waals surface area contributed by atoms with Crippen molar-refractivity contribution < 1.29 is 13.2 Å². The fraction of sp³-hybridized carbons (Fsp3) is 0.444. The molecule has 16 heavy (non-hydrogen) atoms. The first kappa shape index (κ1) is 12.0.